The monoisotopic (exact) mass is 227 g/mol. The second-order valence-corrected chi connectivity index (χ2v) is 5.54. The molecule has 2 rings (SSSR count). The highest BCUT2D eigenvalue weighted by atomic mass is 16.5. The van der Waals surface area contributed by atoms with Crippen LogP contribution in [0.4, 0.5) is 0 Å². The second kappa shape index (κ2) is 5.03. The summed E-state index contributed by atoms with van der Waals surface area (Å²) in [5, 5.41) is 0. The highest BCUT2D eigenvalue weighted by Gasteiger charge is 2.40. The normalized spacial score (nSPS) is 38.1. The molecule has 2 unspecified atom stereocenters. The molecular formula is C13H25NO2. The van der Waals surface area contributed by atoms with Gasteiger partial charge in [0.05, 0.1) is 23.9 Å². The fourth-order valence-corrected chi connectivity index (χ4v) is 3.06. The largest absolute Gasteiger partial charge is 0.375 e. The zero-order valence-electron chi connectivity index (χ0n) is 10.6. The molecule has 0 spiro atoms. The SMILES string of the molecule is CC1CC(OC2(CCN)CCC2)CC(C)O1. The Balaban J connectivity index is 1.87. The molecule has 2 atom stereocenters. The first-order valence-corrected chi connectivity index (χ1v) is 6.67. The molecule has 1 aliphatic heterocycles. The standard InChI is InChI=1S/C13H25NO2/c1-10-8-12(9-11(2)15-10)16-13(6-7-14)4-3-5-13/h10-12H,3-9,14H2,1-2H3. The van der Waals surface area contributed by atoms with Crippen molar-refractivity contribution in [3.63, 3.8) is 0 Å². The first kappa shape index (κ1) is 12.3. The number of hydrogen-bond donors (Lipinski definition) is 1. The van der Waals surface area contributed by atoms with Crippen molar-refractivity contribution in [1.29, 1.82) is 0 Å². The molecule has 3 heteroatoms. The minimum absolute atomic E-state index is 0.121. The summed E-state index contributed by atoms with van der Waals surface area (Å²) in [5.41, 5.74) is 5.80. The molecule has 2 fully saturated rings. The van der Waals surface area contributed by atoms with Crippen LogP contribution in [0, 0.1) is 0 Å². The van der Waals surface area contributed by atoms with Gasteiger partial charge in [-0.15, -0.1) is 0 Å². The molecule has 0 radical (unpaired) electrons. The predicted octanol–water partition coefficient (Wildman–Crippen LogP) is 2.23. The molecule has 16 heavy (non-hydrogen) atoms. The van der Waals surface area contributed by atoms with Crippen molar-refractivity contribution in [3.8, 4) is 0 Å². The van der Waals surface area contributed by atoms with Crippen LogP contribution in [-0.2, 0) is 9.47 Å². The summed E-state index contributed by atoms with van der Waals surface area (Å²) in [6.45, 7) is 5.03. The summed E-state index contributed by atoms with van der Waals surface area (Å²) in [7, 11) is 0. The van der Waals surface area contributed by atoms with E-state index in [1.165, 1.54) is 19.3 Å². The molecular weight excluding hydrogens is 202 g/mol. The number of rotatable bonds is 4. The number of hydrogen-bond acceptors (Lipinski definition) is 3. The van der Waals surface area contributed by atoms with E-state index < -0.39 is 0 Å². The van der Waals surface area contributed by atoms with Crippen molar-refractivity contribution < 1.29 is 9.47 Å². The molecule has 0 aromatic heterocycles. The van der Waals surface area contributed by atoms with Gasteiger partial charge in [0, 0.05) is 0 Å². The molecule has 0 bridgehead atoms. The average Bonchev–Trinajstić information content (AvgIpc) is 2.13. The van der Waals surface area contributed by atoms with Crippen LogP contribution in [0.1, 0.15) is 52.4 Å². The summed E-state index contributed by atoms with van der Waals surface area (Å²) in [4.78, 5) is 0. The summed E-state index contributed by atoms with van der Waals surface area (Å²) in [6.07, 6.45) is 7.85. The van der Waals surface area contributed by atoms with E-state index in [-0.39, 0.29) is 5.60 Å². The van der Waals surface area contributed by atoms with Crippen LogP contribution in [0.25, 0.3) is 0 Å². The first-order valence-electron chi connectivity index (χ1n) is 6.67. The Hall–Kier alpha value is -0.120. The summed E-state index contributed by atoms with van der Waals surface area (Å²) in [6, 6.07) is 0. The molecule has 0 aromatic carbocycles. The minimum atomic E-state index is 0.121. The lowest BCUT2D eigenvalue weighted by Gasteiger charge is -2.46. The minimum Gasteiger partial charge on any atom is -0.375 e. The Labute approximate surface area is 98.7 Å². The van der Waals surface area contributed by atoms with Crippen molar-refractivity contribution in [1.82, 2.24) is 0 Å². The zero-order chi connectivity index (χ0) is 11.6. The highest BCUT2D eigenvalue weighted by molar-refractivity contribution is 4.92. The Morgan fingerprint density at radius 1 is 1.25 bits per heavy atom. The van der Waals surface area contributed by atoms with Gasteiger partial charge in [0.25, 0.3) is 0 Å². The van der Waals surface area contributed by atoms with E-state index in [0.717, 1.165) is 25.8 Å². The fourth-order valence-electron chi connectivity index (χ4n) is 3.06. The number of nitrogens with two attached hydrogens (primary N) is 1. The maximum atomic E-state index is 6.34. The van der Waals surface area contributed by atoms with Crippen molar-refractivity contribution in [3.05, 3.63) is 0 Å². The van der Waals surface area contributed by atoms with Gasteiger partial charge in [-0.3, -0.25) is 0 Å². The third-order valence-electron chi connectivity index (χ3n) is 3.94. The molecule has 0 amide bonds. The lowest BCUT2D eigenvalue weighted by atomic mass is 9.77. The molecule has 2 aliphatic rings. The van der Waals surface area contributed by atoms with E-state index in [4.69, 9.17) is 15.2 Å². The van der Waals surface area contributed by atoms with Gasteiger partial charge in [0.15, 0.2) is 0 Å². The van der Waals surface area contributed by atoms with E-state index in [1.54, 1.807) is 0 Å². The molecule has 2 N–H and O–H groups in total. The van der Waals surface area contributed by atoms with E-state index in [9.17, 15) is 0 Å². The summed E-state index contributed by atoms with van der Waals surface area (Å²) >= 11 is 0. The van der Waals surface area contributed by atoms with Crippen molar-refractivity contribution >= 4 is 0 Å². The maximum absolute atomic E-state index is 6.34. The van der Waals surface area contributed by atoms with Crippen LogP contribution in [0.15, 0.2) is 0 Å². The first-order chi connectivity index (χ1) is 7.63. The Morgan fingerprint density at radius 3 is 2.31 bits per heavy atom. The van der Waals surface area contributed by atoms with Crippen LogP contribution >= 0.6 is 0 Å². The van der Waals surface area contributed by atoms with Gasteiger partial charge < -0.3 is 15.2 Å². The predicted molar refractivity (Wildman–Crippen MR) is 64.4 cm³/mol. The molecule has 1 heterocycles. The van der Waals surface area contributed by atoms with Gasteiger partial charge in [0.2, 0.25) is 0 Å². The van der Waals surface area contributed by atoms with Gasteiger partial charge >= 0.3 is 0 Å². The summed E-state index contributed by atoms with van der Waals surface area (Å²) < 4.78 is 12.1. The molecule has 3 nitrogen and oxygen atoms in total. The molecule has 1 aliphatic carbocycles. The van der Waals surface area contributed by atoms with Crippen LogP contribution in [0.5, 0.6) is 0 Å². The fraction of sp³-hybridized carbons (Fsp3) is 1.00. The van der Waals surface area contributed by atoms with E-state index in [2.05, 4.69) is 13.8 Å². The molecule has 94 valence electrons. The topological polar surface area (TPSA) is 44.5 Å². The molecule has 1 saturated heterocycles. The lowest BCUT2D eigenvalue weighted by molar-refractivity contribution is -0.185. The average molecular weight is 227 g/mol. The van der Waals surface area contributed by atoms with E-state index in [0.29, 0.717) is 18.3 Å². The van der Waals surface area contributed by atoms with Gasteiger partial charge in [-0.1, -0.05) is 0 Å². The number of ether oxygens (including phenoxy) is 2. The van der Waals surface area contributed by atoms with Crippen LogP contribution in [0.2, 0.25) is 0 Å². The zero-order valence-corrected chi connectivity index (χ0v) is 10.6. The van der Waals surface area contributed by atoms with Gasteiger partial charge in [-0.25, -0.2) is 0 Å². The summed E-state index contributed by atoms with van der Waals surface area (Å²) in [5.74, 6) is 0. The lowest BCUT2D eigenvalue weighted by Crippen LogP contribution is -2.47. The van der Waals surface area contributed by atoms with Crippen molar-refractivity contribution in [2.75, 3.05) is 6.54 Å². The third-order valence-corrected chi connectivity index (χ3v) is 3.94. The van der Waals surface area contributed by atoms with Gasteiger partial charge in [0.1, 0.15) is 0 Å². The van der Waals surface area contributed by atoms with Gasteiger partial charge in [-0.2, -0.15) is 0 Å². The smallest absolute Gasteiger partial charge is 0.0698 e. The van der Waals surface area contributed by atoms with E-state index >= 15 is 0 Å². The third kappa shape index (κ3) is 2.76. The maximum Gasteiger partial charge on any atom is 0.0698 e. The van der Waals surface area contributed by atoms with E-state index in [1.807, 2.05) is 0 Å². The van der Waals surface area contributed by atoms with Crippen LogP contribution in [-0.4, -0.2) is 30.5 Å². The van der Waals surface area contributed by atoms with Crippen molar-refractivity contribution in [2.24, 2.45) is 5.73 Å². The quantitative estimate of drug-likeness (QED) is 0.801. The Bertz CT molecular complexity index is 218. The highest BCUT2D eigenvalue weighted by Crippen LogP contribution is 2.41. The molecule has 0 aromatic rings. The van der Waals surface area contributed by atoms with Crippen LogP contribution < -0.4 is 5.73 Å². The Morgan fingerprint density at radius 2 is 1.88 bits per heavy atom. The van der Waals surface area contributed by atoms with Crippen LogP contribution in [0.3, 0.4) is 0 Å². The Kier molecular flexibility index (Phi) is 3.88. The van der Waals surface area contributed by atoms with Crippen molar-refractivity contribution in [2.45, 2.75) is 76.3 Å². The molecule has 1 saturated carbocycles. The van der Waals surface area contributed by atoms with Gasteiger partial charge in [-0.05, 0) is 58.9 Å². The second-order valence-electron chi connectivity index (χ2n) is 5.54.